The summed E-state index contributed by atoms with van der Waals surface area (Å²) in [5.41, 5.74) is 0. The van der Waals surface area contributed by atoms with Crippen LogP contribution in [0.25, 0.3) is 0 Å². The molecule has 0 N–H and O–H groups in total. The minimum atomic E-state index is 1.10. The molecule has 0 radical (unpaired) electrons. The topological polar surface area (TPSA) is 0 Å². The van der Waals surface area contributed by atoms with Gasteiger partial charge in [0, 0.05) is 0 Å². The van der Waals surface area contributed by atoms with Gasteiger partial charge < -0.3 is 0 Å². The van der Waals surface area contributed by atoms with Gasteiger partial charge in [-0.15, -0.1) is 0 Å². The Balaban J connectivity index is 1.65. The van der Waals surface area contributed by atoms with Crippen molar-refractivity contribution in [2.24, 2.45) is 5.92 Å². The van der Waals surface area contributed by atoms with E-state index in [-0.39, 0.29) is 0 Å². The van der Waals surface area contributed by atoms with Crippen molar-refractivity contribution in [1.29, 1.82) is 0 Å². The van der Waals surface area contributed by atoms with Gasteiger partial charge in [0.05, 0.1) is 0 Å². The Hall–Kier alpha value is 0. The summed E-state index contributed by atoms with van der Waals surface area (Å²) < 4.78 is 0. The summed E-state index contributed by atoms with van der Waals surface area (Å²) in [5.74, 6) is 1.10. The van der Waals surface area contributed by atoms with Crippen LogP contribution in [0.15, 0.2) is 0 Å². The summed E-state index contributed by atoms with van der Waals surface area (Å²) in [5, 5.41) is 0. The first kappa shape index (κ1) is 24.0. The molecule has 0 aromatic heterocycles. The predicted octanol–water partition coefficient (Wildman–Crippen LogP) is 10.00. The molecule has 0 spiro atoms. The fourth-order valence-corrected chi connectivity index (χ4v) is 4.81. The molecule has 1 aliphatic carbocycles. The Morgan fingerprint density at radius 2 is 0.769 bits per heavy atom. The van der Waals surface area contributed by atoms with Crippen LogP contribution in [0.3, 0.4) is 0 Å². The molecule has 1 aliphatic rings. The molecule has 0 amide bonds. The van der Waals surface area contributed by atoms with Crippen molar-refractivity contribution in [3.05, 3.63) is 0 Å². The maximum atomic E-state index is 2.30. The zero-order chi connectivity index (χ0) is 18.5. The maximum Gasteiger partial charge on any atom is -0.0414 e. The van der Waals surface area contributed by atoms with Crippen LogP contribution in [0.5, 0.6) is 0 Å². The molecule has 0 heterocycles. The second-order valence-electron chi connectivity index (χ2n) is 9.30. The Kier molecular flexibility index (Phi) is 18.3. The third-order valence-electron chi connectivity index (χ3n) is 6.69. The summed E-state index contributed by atoms with van der Waals surface area (Å²) in [6, 6.07) is 0. The van der Waals surface area contributed by atoms with Crippen LogP contribution in [0.1, 0.15) is 161 Å². The highest BCUT2D eigenvalue weighted by molar-refractivity contribution is 4.65. The Morgan fingerprint density at radius 1 is 0.423 bits per heavy atom. The van der Waals surface area contributed by atoms with Crippen molar-refractivity contribution in [3.63, 3.8) is 0 Å². The smallest absolute Gasteiger partial charge is 0.0414 e. The van der Waals surface area contributed by atoms with Crippen molar-refractivity contribution in [2.75, 3.05) is 0 Å². The number of hydrogen-bond donors (Lipinski definition) is 0. The zero-order valence-corrected chi connectivity index (χ0v) is 18.5. The molecular formula is C26H52. The first-order valence-corrected chi connectivity index (χ1v) is 12.9. The molecule has 1 rings (SSSR count). The molecular weight excluding hydrogens is 312 g/mol. The number of hydrogen-bond acceptors (Lipinski definition) is 0. The van der Waals surface area contributed by atoms with E-state index in [1.54, 1.807) is 19.3 Å². The largest absolute Gasteiger partial charge is 0.0654 e. The predicted molar refractivity (Wildman–Crippen MR) is 120 cm³/mol. The lowest BCUT2D eigenvalue weighted by Crippen LogP contribution is -2.05. The molecule has 0 aliphatic heterocycles. The first-order chi connectivity index (χ1) is 12.9. The highest BCUT2D eigenvalue weighted by Crippen LogP contribution is 2.28. The number of unbranched alkanes of at least 4 members (excludes halogenated alkanes) is 17. The first-order valence-electron chi connectivity index (χ1n) is 12.9. The third kappa shape index (κ3) is 16.2. The van der Waals surface area contributed by atoms with Crippen molar-refractivity contribution < 1.29 is 0 Å². The van der Waals surface area contributed by atoms with Crippen molar-refractivity contribution in [2.45, 2.75) is 161 Å². The Bertz CT molecular complexity index is 251. The van der Waals surface area contributed by atoms with E-state index in [0.29, 0.717) is 0 Å². The van der Waals surface area contributed by atoms with Gasteiger partial charge in [-0.2, -0.15) is 0 Å². The van der Waals surface area contributed by atoms with Crippen molar-refractivity contribution >= 4 is 0 Å². The van der Waals surface area contributed by atoms with E-state index in [4.69, 9.17) is 0 Å². The van der Waals surface area contributed by atoms with Crippen LogP contribution in [0.4, 0.5) is 0 Å². The quantitative estimate of drug-likeness (QED) is 0.200. The van der Waals surface area contributed by atoms with Crippen LogP contribution in [-0.4, -0.2) is 0 Å². The van der Waals surface area contributed by atoms with Gasteiger partial charge in [-0.3, -0.25) is 0 Å². The van der Waals surface area contributed by atoms with E-state index in [1.165, 1.54) is 135 Å². The summed E-state index contributed by atoms with van der Waals surface area (Å²) in [6.07, 6.45) is 35.9. The van der Waals surface area contributed by atoms with Crippen LogP contribution >= 0.6 is 0 Å². The average molecular weight is 365 g/mol. The monoisotopic (exact) mass is 364 g/mol. The van der Waals surface area contributed by atoms with Crippen molar-refractivity contribution in [3.8, 4) is 0 Å². The Morgan fingerprint density at radius 3 is 1.15 bits per heavy atom. The average Bonchev–Trinajstić information content (AvgIpc) is 2.68. The summed E-state index contributed by atoms with van der Waals surface area (Å²) in [4.78, 5) is 0. The lowest BCUT2D eigenvalue weighted by atomic mass is 9.85. The van der Waals surface area contributed by atoms with Gasteiger partial charge in [-0.25, -0.2) is 0 Å². The van der Waals surface area contributed by atoms with Crippen LogP contribution in [0.2, 0.25) is 0 Å². The molecule has 0 aromatic rings. The highest BCUT2D eigenvalue weighted by Gasteiger charge is 2.12. The molecule has 0 saturated heterocycles. The minimum absolute atomic E-state index is 1.10. The summed E-state index contributed by atoms with van der Waals surface area (Å²) in [7, 11) is 0. The second kappa shape index (κ2) is 19.8. The fraction of sp³-hybridized carbons (Fsp3) is 1.00. The zero-order valence-electron chi connectivity index (χ0n) is 18.5. The van der Waals surface area contributed by atoms with Gasteiger partial charge in [-0.1, -0.05) is 161 Å². The molecule has 0 aromatic carbocycles. The van der Waals surface area contributed by atoms with Crippen LogP contribution in [-0.2, 0) is 0 Å². The van der Waals surface area contributed by atoms with Gasteiger partial charge in [0.15, 0.2) is 0 Å². The van der Waals surface area contributed by atoms with Crippen LogP contribution < -0.4 is 0 Å². The molecule has 0 heteroatoms. The summed E-state index contributed by atoms with van der Waals surface area (Å²) >= 11 is 0. The summed E-state index contributed by atoms with van der Waals surface area (Å²) in [6.45, 7) is 2.30. The molecule has 0 atom stereocenters. The standard InChI is InChI=1S/C26H52/c1-2-3-4-5-6-7-8-9-10-11-12-13-14-15-16-17-18-20-23-26-24-21-19-22-25-26/h26H,2-25H2,1H3. The van der Waals surface area contributed by atoms with Gasteiger partial charge in [-0.05, 0) is 5.92 Å². The van der Waals surface area contributed by atoms with Gasteiger partial charge in [0.25, 0.3) is 0 Å². The Labute approximate surface area is 167 Å². The lowest BCUT2D eigenvalue weighted by molar-refractivity contribution is 0.328. The van der Waals surface area contributed by atoms with E-state index in [9.17, 15) is 0 Å². The number of rotatable bonds is 19. The molecule has 156 valence electrons. The fourth-order valence-electron chi connectivity index (χ4n) is 4.81. The van der Waals surface area contributed by atoms with Crippen molar-refractivity contribution in [1.82, 2.24) is 0 Å². The lowest BCUT2D eigenvalue weighted by Gasteiger charge is -2.21. The van der Waals surface area contributed by atoms with E-state index in [1.807, 2.05) is 0 Å². The van der Waals surface area contributed by atoms with Crippen LogP contribution in [0, 0.1) is 5.92 Å². The van der Waals surface area contributed by atoms with Gasteiger partial charge in [0.2, 0.25) is 0 Å². The minimum Gasteiger partial charge on any atom is -0.0654 e. The van der Waals surface area contributed by atoms with Gasteiger partial charge >= 0.3 is 0 Å². The van der Waals surface area contributed by atoms with E-state index >= 15 is 0 Å². The SMILES string of the molecule is CCCCCCCCCCCCCCCCCCCCC1CCCCC1. The van der Waals surface area contributed by atoms with E-state index in [2.05, 4.69) is 6.92 Å². The van der Waals surface area contributed by atoms with E-state index in [0.717, 1.165) is 5.92 Å². The third-order valence-corrected chi connectivity index (χ3v) is 6.69. The molecule has 1 fully saturated rings. The highest BCUT2D eigenvalue weighted by atomic mass is 14.2. The molecule has 1 saturated carbocycles. The second-order valence-corrected chi connectivity index (χ2v) is 9.30. The molecule has 0 unspecified atom stereocenters. The molecule has 26 heavy (non-hydrogen) atoms. The maximum absolute atomic E-state index is 2.30. The molecule has 0 nitrogen and oxygen atoms in total. The van der Waals surface area contributed by atoms with E-state index < -0.39 is 0 Å². The molecule has 0 bridgehead atoms. The van der Waals surface area contributed by atoms with Gasteiger partial charge in [0.1, 0.15) is 0 Å². The normalized spacial score (nSPS) is 15.6.